The first-order valence-corrected chi connectivity index (χ1v) is 8.65. The molecule has 1 aliphatic rings. The van der Waals surface area contributed by atoms with Gasteiger partial charge in [0.05, 0.1) is 0 Å². The zero-order valence-corrected chi connectivity index (χ0v) is 14.5. The van der Waals surface area contributed by atoms with E-state index in [0.29, 0.717) is 12.5 Å². The standard InChI is InChI=1S/C19H26N4O/c1-14-11-19(22-15(2)21-14)20-12-16-3-5-18(6-4-16)23-9-7-17(13-24)8-10-23/h3-6,11,17,24H,7-10,12-13H2,1-2H3,(H,20,21,22). The van der Waals surface area contributed by atoms with Crippen molar-refractivity contribution in [2.24, 2.45) is 5.92 Å². The molecule has 0 radical (unpaired) electrons. The van der Waals surface area contributed by atoms with Crippen LogP contribution in [0.3, 0.4) is 0 Å². The molecule has 128 valence electrons. The number of aromatic nitrogens is 2. The molecule has 2 N–H and O–H groups in total. The van der Waals surface area contributed by atoms with Crippen molar-refractivity contribution < 1.29 is 5.11 Å². The van der Waals surface area contributed by atoms with Crippen molar-refractivity contribution in [1.82, 2.24) is 9.97 Å². The van der Waals surface area contributed by atoms with Crippen LogP contribution in [-0.2, 0) is 6.54 Å². The molecule has 0 unspecified atom stereocenters. The molecule has 1 saturated heterocycles. The second kappa shape index (κ2) is 7.62. The van der Waals surface area contributed by atoms with Crippen LogP contribution in [0.25, 0.3) is 0 Å². The molecule has 5 heteroatoms. The Bertz CT molecular complexity index is 643. The Morgan fingerprint density at radius 1 is 1.12 bits per heavy atom. The molecule has 1 fully saturated rings. The van der Waals surface area contributed by atoms with Gasteiger partial charge in [0.15, 0.2) is 0 Å². The number of piperidine rings is 1. The summed E-state index contributed by atoms with van der Waals surface area (Å²) in [6.07, 6.45) is 2.15. The van der Waals surface area contributed by atoms with Crippen LogP contribution < -0.4 is 10.2 Å². The van der Waals surface area contributed by atoms with Gasteiger partial charge in [-0.1, -0.05) is 12.1 Å². The molecule has 0 bridgehead atoms. The highest BCUT2D eigenvalue weighted by atomic mass is 16.3. The number of aliphatic hydroxyl groups excluding tert-OH is 1. The summed E-state index contributed by atoms with van der Waals surface area (Å²) in [6, 6.07) is 10.7. The molecule has 1 aromatic heterocycles. The van der Waals surface area contributed by atoms with Crippen LogP contribution in [0.4, 0.5) is 11.5 Å². The predicted molar refractivity (Wildman–Crippen MR) is 97.3 cm³/mol. The topological polar surface area (TPSA) is 61.3 Å². The monoisotopic (exact) mass is 326 g/mol. The summed E-state index contributed by atoms with van der Waals surface area (Å²) in [5.41, 5.74) is 3.48. The number of nitrogens with one attached hydrogen (secondary N) is 1. The van der Waals surface area contributed by atoms with Crippen molar-refractivity contribution >= 4 is 11.5 Å². The predicted octanol–water partition coefficient (Wildman–Crippen LogP) is 2.91. The second-order valence-corrected chi connectivity index (χ2v) is 6.57. The van der Waals surface area contributed by atoms with Gasteiger partial charge in [-0.05, 0) is 50.3 Å². The van der Waals surface area contributed by atoms with Gasteiger partial charge in [0.1, 0.15) is 11.6 Å². The molecule has 1 aromatic carbocycles. The van der Waals surface area contributed by atoms with Crippen LogP contribution in [0, 0.1) is 19.8 Å². The highest BCUT2D eigenvalue weighted by molar-refractivity contribution is 5.48. The molecule has 2 heterocycles. The summed E-state index contributed by atoms with van der Waals surface area (Å²) in [6.45, 7) is 7.02. The molecule has 0 amide bonds. The van der Waals surface area contributed by atoms with Gasteiger partial charge in [0.2, 0.25) is 0 Å². The van der Waals surface area contributed by atoms with Gasteiger partial charge in [0, 0.05) is 43.7 Å². The fraction of sp³-hybridized carbons (Fsp3) is 0.474. The van der Waals surface area contributed by atoms with E-state index in [9.17, 15) is 5.11 Å². The maximum atomic E-state index is 9.24. The van der Waals surface area contributed by atoms with E-state index in [1.54, 1.807) is 0 Å². The van der Waals surface area contributed by atoms with Gasteiger partial charge in [-0.3, -0.25) is 0 Å². The number of rotatable bonds is 5. The van der Waals surface area contributed by atoms with Crippen LogP contribution in [-0.4, -0.2) is 34.8 Å². The van der Waals surface area contributed by atoms with Crippen LogP contribution in [0.15, 0.2) is 30.3 Å². The number of aliphatic hydroxyl groups is 1. The van der Waals surface area contributed by atoms with Crippen molar-refractivity contribution in [2.75, 3.05) is 29.9 Å². The summed E-state index contributed by atoms with van der Waals surface area (Å²) < 4.78 is 0. The lowest BCUT2D eigenvalue weighted by Crippen LogP contribution is -2.34. The highest BCUT2D eigenvalue weighted by Gasteiger charge is 2.18. The Morgan fingerprint density at radius 2 is 1.83 bits per heavy atom. The minimum absolute atomic E-state index is 0.320. The maximum absolute atomic E-state index is 9.24. The number of hydrogen-bond donors (Lipinski definition) is 2. The minimum atomic E-state index is 0.320. The van der Waals surface area contributed by atoms with Crippen LogP contribution in [0.1, 0.15) is 29.9 Å². The molecular formula is C19H26N4O. The van der Waals surface area contributed by atoms with Gasteiger partial charge in [0.25, 0.3) is 0 Å². The van der Waals surface area contributed by atoms with Gasteiger partial charge in [-0.25, -0.2) is 9.97 Å². The van der Waals surface area contributed by atoms with Crippen molar-refractivity contribution in [2.45, 2.75) is 33.2 Å². The van der Waals surface area contributed by atoms with Gasteiger partial charge < -0.3 is 15.3 Å². The first kappa shape index (κ1) is 16.7. The van der Waals surface area contributed by atoms with E-state index in [4.69, 9.17) is 0 Å². The van der Waals surface area contributed by atoms with Crippen LogP contribution in [0.2, 0.25) is 0 Å². The Labute approximate surface area is 143 Å². The quantitative estimate of drug-likeness (QED) is 0.884. The number of anilines is 2. The molecule has 5 nitrogen and oxygen atoms in total. The van der Waals surface area contributed by atoms with E-state index in [0.717, 1.165) is 49.8 Å². The van der Waals surface area contributed by atoms with Crippen molar-refractivity contribution in [3.8, 4) is 0 Å². The van der Waals surface area contributed by atoms with Crippen molar-refractivity contribution in [3.05, 3.63) is 47.4 Å². The average molecular weight is 326 g/mol. The van der Waals surface area contributed by atoms with E-state index in [1.807, 2.05) is 19.9 Å². The lowest BCUT2D eigenvalue weighted by Gasteiger charge is -2.33. The summed E-state index contributed by atoms with van der Waals surface area (Å²) in [5, 5.41) is 12.6. The summed E-state index contributed by atoms with van der Waals surface area (Å²) in [5.74, 6) is 2.14. The second-order valence-electron chi connectivity index (χ2n) is 6.57. The van der Waals surface area contributed by atoms with Crippen molar-refractivity contribution in [1.29, 1.82) is 0 Å². The van der Waals surface area contributed by atoms with Crippen LogP contribution in [0.5, 0.6) is 0 Å². The van der Waals surface area contributed by atoms with Crippen molar-refractivity contribution in [3.63, 3.8) is 0 Å². The van der Waals surface area contributed by atoms with Gasteiger partial charge >= 0.3 is 0 Å². The third-order valence-electron chi connectivity index (χ3n) is 4.61. The Balaban J connectivity index is 1.56. The molecule has 3 rings (SSSR count). The Hall–Kier alpha value is -2.14. The third kappa shape index (κ3) is 4.23. The molecule has 0 atom stereocenters. The minimum Gasteiger partial charge on any atom is -0.396 e. The molecule has 0 spiro atoms. The smallest absolute Gasteiger partial charge is 0.130 e. The lowest BCUT2D eigenvalue weighted by atomic mass is 9.97. The highest BCUT2D eigenvalue weighted by Crippen LogP contribution is 2.23. The Kier molecular flexibility index (Phi) is 5.30. The van der Waals surface area contributed by atoms with E-state index in [1.165, 1.54) is 11.3 Å². The Morgan fingerprint density at radius 3 is 2.46 bits per heavy atom. The average Bonchev–Trinajstić information content (AvgIpc) is 2.60. The molecule has 0 saturated carbocycles. The zero-order chi connectivity index (χ0) is 16.9. The SMILES string of the molecule is Cc1cc(NCc2ccc(N3CCC(CO)CC3)cc2)nc(C)n1. The van der Waals surface area contributed by atoms with E-state index in [2.05, 4.69) is 44.5 Å². The normalized spacial score (nSPS) is 15.5. The lowest BCUT2D eigenvalue weighted by molar-refractivity contribution is 0.203. The molecular weight excluding hydrogens is 300 g/mol. The number of aryl methyl sites for hydroxylation is 2. The van der Waals surface area contributed by atoms with Gasteiger partial charge in [-0.15, -0.1) is 0 Å². The molecule has 1 aliphatic heterocycles. The fourth-order valence-electron chi connectivity index (χ4n) is 3.20. The first-order chi connectivity index (χ1) is 11.6. The van der Waals surface area contributed by atoms with E-state index < -0.39 is 0 Å². The van der Waals surface area contributed by atoms with E-state index >= 15 is 0 Å². The zero-order valence-electron chi connectivity index (χ0n) is 14.5. The first-order valence-electron chi connectivity index (χ1n) is 8.65. The number of hydrogen-bond acceptors (Lipinski definition) is 5. The summed E-state index contributed by atoms with van der Waals surface area (Å²) >= 11 is 0. The summed E-state index contributed by atoms with van der Waals surface area (Å²) in [4.78, 5) is 11.1. The number of benzene rings is 1. The van der Waals surface area contributed by atoms with Crippen LogP contribution >= 0.6 is 0 Å². The fourth-order valence-corrected chi connectivity index (χ4v) is 3.20. The van der Waals surface area contributed by atoms with E-state index in [-0.39, 0.29) is 0 Å². The molecule has 24 heavy (non-hydrogen) atoms. The summed E-state index contributed by atoms with van der Waals surface area (Å²) in [7, 11) is 0. The molecule has 0 aliphatic carbocycles. The van der Waals surface area contributed by atoms with Gasteiger partial charge in [-0.2, -0.15) is 0 Å². The molecule has 2 aromatic rings. The number of nitrogens with zero attached hydrogens (tertiary/aromatic N) is 3. The maximum Gasteiger partial charge on any atom is 0.130 e. The third-order valence-corrected chi connectivity index (χ3v) is 4.61. The largest absolute Gasteiger partial charge is 0.396 e.